The van der Waals surface area contributed by atoms with E-state index >= 15 is 0 Å². The van der Waals surface area contributed by atoms with Crippen LogP contribution in [-0.4, -0.2) is 28.3 Å². The molecule has 7 heteroatoms. The lowest BCUT2D eigenvalue weighted by Crippen LogP contribution is -2.13. The third kappa shape index (κ3) is 5.27. The minimum absolute atomic E-state index is 0.282. The summed E-state index contributed by atoms with van der Waals surface area (Å²) in [7, 11) is 0. The maximum Gasteiger partial charge on any atom is 0.338 e. The number of aryl methyl sites for hydroxylation is 1. The molecule has 1 amide bonds. The van der Waals surface area contributed by atoms with Crippen LogP contribution in [-0.2, 0) is 11.3 Å². The van der Waals surface area contributed by atoms with Crippen LogP contribution in [0.15, 0.2) is 54.6 Å². The first kappa shape index (κ1) is 21.6. The Morgan fingerprint density at radius 3 is 2.47 bits per heavy atom. The SMILES string of the molecule is CCCCOC(=O)c1ccc(NC(=O)c2c(C)nn(Cc3ccccc3)c2Cl)cc1. The van der Waals surface area contributed by atoms with Crippen LogP contribution in [0.25, 0.3) is 0 Å². The van der Waals surface area contributed by atoms with E-state index in [1.165, 1.54) is 0 Å². The molecule has 0 atom stereocenters. The van der Waals surface area contributed by atoms with E-state index in [0.29, 0.717) is 35.7 Å². The normalized spacial score (nSPS) is 10.6. The predicted octanol–water partition coefficient (Wildman–Crippen LogP) is 5.10. The van der Waals surface area contributed by atoms with Gasteiger partial charge in [0, 0.05) is 5.69 Å². The molecule has 1 heterocycles. The Labute approximate surface area is 180 Å². The molecule has 0 bridgehead atoms. The molecule has 0 fully saturated rings. The van der Waals surface area contributed by atoms with Gasteiger partial charge in [-0.1, -0.05) is 55.3 Å². The fraction of sp³-hybridized carbons (Fsp3) is 0.261. The van der Waals surface area contributed by atoms with Crippen LogP contribution in [0.3, 0.4) is 0 Å². The summed E-state index contributed by atoms with van der Waals surface area (Å²) in [5, 5.41) is 7.49. The summed E-state index contributed by atoms with van der Waals surface area (Å²) in [6.45, 7) is 4.66. The Morgan fingerprint density at radius 1 is 1.10 bits per heavy atom. The Balaban J connectivity index is 1.68. The van der Waals surface area contributed by atoms with E-state index in [2.05, 4.69) is 10.4 Å². The van der Waals surface area contributed by atoms with Crippen LogP contribution in [0.2, 0.25) is 5.15 Å². The molecule has 6 nitrogen and oxygen atoms in total. The molecule has 0 spiro atoms. The molecule has 30 heavy (non-hydrogen) atoms. The van der Waals surface area contributed by atoms with E-state index in [4.69, 9.17) is 16.3 Å². The number of hydrogen-bond acceptors (Lipinski definition) is 4. The van der Waals surface area contributed by atoms with E-state index in [1.807, 2.05) is 37.3 Å². The van der Waals surface area contributed by atoms with Gasteiger partial charge in [0.25, 0.3) is 5.91 Å². The standard InChI is InChI=1S/C23H24ClN3O3/c1-3-4-14-30-23(29)18-10-12-19(13-11-18)25-22(28)20-16(2)26-27(21(20)24)15-17-8-6-5-7-9-17/h5-13H,3-4,14-15H2,1-2H3,(H,25,28). The third-order valence-electron chi connectivity index (χ3n) is 4.58. The maximum atomic E-state index is 12.8. The van der Waals surface area contributed by atoms with Crippen molar-refractivity contribution < 1.29 is 14.3 Å². The highest BCUT2D eigenvalue weighted by Crippen LogP contribution is 2.22. The molecule has 0 unspecified atom stereocenters. The largest absolute Gasteiger partial charge is 0.462 e. The molecule has 0 saturated carbocycles. The summed E-state index contributed by atoms with van der Waals surface area (Å²) < 4.78 is 6.79. The Morgan fingerprint density at radius 2 is 1.80 bits per heavy atom. The van der Waals surface area contributed by atoms with Crippen molar-refractivity contribution in [2.45, 2.75) is 33.2 Å². The van der Waals surface area contributed by atoms with Gasteiger partial charge in [-0.3, -0.25) is 4.79 Å². The van der Waals surface area contributed by atoms with E-state index in [1.54, 1.807) is 35.9 Å². The highest BCUT2D eigenvalue weighted by Gasteiger charge is 2.20. The molecule has 1 N–H and O–H groups in total. The molecule has 2 aromatic carbocycles. The van der Waals surface area contributed by atoms with E-state index in [9.17, 15) is 9.59 Å². The summed E-state index contributed by atoms with van der Waals surface area (Å²) in [6.07, 6.45) is 1.79. The van der Waals surface area contributed by atoms with Gasteiger partial charge in [-0.25, -0.2) is 9.48 Å². The zero-order valence-corrected chi connectivity index (χ0v) is 17.8. The molecular formula is C23H24ClN3O3. The highest BCUT2D eigenvalue weighted by atomic mass is 35.5. The smallest absolute Gasteiger partial charge is 0.338 e. The first-order valence-corrected chi connectivity index (χ1v) is 10.2. The summed E-state index contributed by atoms with van der Waals surface area (Å²) in [5.41, 5.74) is 2.90. The number of esters is 1. The molecule has 0 saturated heterocycles. The topological polar surface area (TPSA) is 73.2 Å². The van der Waals surface area contributed by atoms with Crippen LogP contribution in [0.5, 0.6) is 0 Å². The number of aromatic nitrogens is 2. The second-order valence-corrected chi connectivity index (χ2v) is 7.27. The van der Waals surface area contributed by atoms with Crippen molar-refractivity contribution in [3.63, 3.8) is 0 Å². The van der Waals surface area contributed by atoms with Gasteiger partial charge in [0.2, 0.25) is 0 Å². The number of carbonyl (C=O) groups is 2. The lowest BCUT2D eigenvalue weighted by molar-refractivity contribution is 0.0499. The van der Waals surface area contributed by atoms with Crippen molar-refractivity contribution in [3.8, 4) is 0 Å². The zero-order valence-electron chi connectivity index (χ0n) is 17.0. The van der Waals surface area contributed by atoms with Crippen molar-refractivity contribution in [2.75, 3.05) is 11.9 Å². The Hall–Kier alpha value is -3.12. The fourth-order valence-electron chi connectivity index (χ4n) is 2.95. The summed E-state index contributed by atoms with van der Waals surface area (Å²) in [6, 6.07) is 16.3. The number of nitrogens with zero attached hydrogens (tertiary/aromatic N) is 2. The summed E-state index contributed by atoms with van der Waals surface area (Å²) in [5.74, 6) is -0.725. The maximum absolute atomic E-state index is 12.8. The van der Waals surface area contributed by atoms with Crippen molar-refractivity contribution in [1.29, 1.82) is 0 Å². The second kappa shape index (κ2) is 10.1. The van der Waals surface area contributed by atoms with E-state index < -0.39 is 0 Å². The molecule has 0 radical (unpaired) electrons. The monoisotopic (exact) mass is 425 g/mol. The van der Waals surface area contributed by atoms with Crippen molar-refractivity contribution in [2.24, 2.45) is 0 Å². The van der Waals surface area contributed by atoms with Gasteiger partial charge < -0.3 is 10.1 Å². The number of benzene rings is 2. The molecule has 0 aliphatic carbocycles. The number of rotatable bonds is 8. The van der Waals surface area contributed by atoms with Gasteiger partial charge in [-0.05, 0) is 43.2 Å². The Bertz CT molecular complexity index is 1010. The van der Waals surface area contributed by atoms with Gasteiger partial charge >= 0.3 is 5.97 Å². The first-order valence-electron chi connectivity index (χ1n) is 9.85. The fourth-order valence-corrected chi connectivity index (χ4v) is 3.27. The molecule has 0 aliphatic heterocycles. The number of carbonyl (C=O) groups excluding carboxylic acids is 2. The summed E-state index contributed by atoms with van der Waals surface area (Å²) >= 11 is 6.45. The summed E-state index contributed by atoms with van der Waals surface area (Å²) in [4.78, 5) is 24.8. The minimum atomic E-state index is -0.373. The van der Waals surface area contributed by atoms with Crippen LogP contribution < -0.4 is 5.32 Å². The lowest BCUT2D eigenvalue weighted by atomic mass is 10.2. The average molecular weight is 426 g/mol. The second-order valence-electron chi connectivity index (χ2n) is 6.92. The lowest BCUT2D eigenvalue weighted by Gasteiger charge is -2.07. The van der Waals surface area contributed by atoms with E-state index in [-0.39, 0.29) is 17.0 Å². The van der Waals surface area contributed by atoms with Gasteiger partial charge in [0.05, 0.1) is 30.0 Å². The average Bonchev–Trinajstić information content (AvgIpc) is 3.02. The van der Waals surface area contributed by atoms with Gasteiger partial charge in [-0.2, -0.15) is 5.10 Å². The number of nitrogens with one attached hydrogen (secondary N) is 1. The van der Waals surface area contributed by atoms with E-state index in [0.717, 1.165) is 18.4 Å². The molecule has 0 aliphatic rings. The number of halogens is 1. The van der Waals surface area contributed by atoms with Crippen molar-refractivity contribution >= 4 is 29.2 Å². The highest BCUT2D eigenvalue weighted by molar-refractivity contribution is 6.33. The van der Waals surface area contributed by atoms with Crippen molar-refractivity contribution in [1.82, 2.24) is 9.78 Å². The minimum Gasteiger partial charge on any atom is -0.462 e. The predicted molar refractivity (Wildman–Crippen MR) is 117 cm³/mol. The first-order chi connectivity index (χ1) is 14.5. The number of unbranched alkanes of at least 4 members (excludes halogenated alkanes) is 1. The van der Waals surface area contributed by atoms with Gasteiger partial charge in [0.15, 0.2) is 0 Å². The Kier molecular flexibility index (Phi) is 7.25. The van der Waals surface area contributed by atoms with Crippen LogP contribution in [0.4, 0.5) is 5.69 Å². The number of ether oxygens (including phenoxy) is 1. The molecule has 1 aromatic heterocycles. The molecule has 3 rings (SSSR count). The number of anilines is 1. The quantitative estimate of drug-likeness (QED) is 0.402. The van der Waals surface area contributed by atoms with Gasteiger partial charge in [-0.15, -0.1) is 0 Å². The number of hydrogen-bond donors (Lipinski definition) is 1. The van der Waals surface area contributed by atoms with Crippen LogP contribution >= 0.6 is 11.6 Å². The molecule has 3 aromatic rings. The third-order valence-corrected chi connectivity index (χ3v) is 4.96. The zero-order chi connectivity index (χ0) is 21.5. The van der Waals surface area contributed by atoms with Crippen LogP contribution in [0, 0.1) is 6.92 Å². The van der Waals surface area contributed by atoms with Crippen LogP contribution in [0.1, 0.15) is 51.7 Å². The van der Waals surface area contributed by atoms with Gasteiger partial charge in [0.1, 0.15) is 5.15 Å². The number of amides is 1. The molecular weight excluding hydrogens is 402 g/mol. The molecule has 156 valence electrons. The van der Waals surface area contributed by atoms with Crippen molar-refractivity contribution in [3.05, 3.63) is 82.1 Å².